The van der Waals surface area contributed by atoms with Gasteiger partial charge in [-0.3, -0.25) is 0 Å². The van der Waals surface area contributed by atoms with Gasteiger partial charge in [0.15, 0.2) is 0 Å². The third-order valence-electron chi connectivity index (χ3n) is 2.08. The summed E-state index contributed by atoms with van der Waals surface area (Å²) < 4.78 is 25.7. The van der Waals surface area contributed by atoms with Crippen LogP contribution in [-0.4, -0.2) is 0 Å². The Kier molecular flexibility index (Phi) is 2.85. The molecule has 3 heteroatoms. The van der Waals surface area contributed by atoms with Crippen molar-refractivity contribution in [3.8, 4) is 6.07 Å². The molecule has 0 saturated heterocycles. The van der Waals surface area contributed by atoms with Crippen molar-refractivity contribution in [1.82, 2.24) is 0 Å². The Morgan fingerprint density at radius 2 is 1.71 bits per heavy atom. The summed E-state index contributed by atoms with van der Waals surface area (Å²) in [4.78, 5) is 0. The van der Waals surface area contributed by atoms with Crippen molar-refractivity contribution in [2.45, 2.75) is 25.7 Å². The van der Waals surface area contributed by atoms with Gasteiger partial charge in [-0.1, -0.05) is 38.1 Å². The first-order chi connectivity index (χ1) is 6.47. The summed E-state index contributed by atoms with van der Waals surface area (Å²) in [6.07, 6.45) is 0. The summed E-state index contributed by atoms with van der Waals surface area (Å²) in [5.41, 5.74) is 0.742. The minimum absolute atomic E-state index is 0.246. The highest BCUT2D eigenvalue weighted by molar-refractivity contribution is 5.30. The molecule has 0 aliphatic rings. The molecule has 0 aromatic heterocycles. The summed E-state index contributed by atoms with van der Waals surface area (Å²) in [7, 11) is 0. The molecule has 14 heavy (non-hydrogen) atoms. The molecule has 0 bridgehead atoms. The molecule has 0 saturated carbocycles. The van der Waals surface area contributed by atoms with Crippen LogP contribution in [0.1, 0.15) is 30.9 Å². The minimum atomic E-state index is -3.38. The second-order valence-electron chi connectivity index (χ2n) is 3.46. The molecular formula is C11H11F2N. The number of benzene rings is 1. The molecule has 0 spiro atoms. The van der Waals surface area contributed by atoms with Gasteiger partial charge in [-0.25, -0.2) is 0 Å². The van der Waals surface area contributed by atoms with Gasteiger partial charge in [0.1, 0.15) is 6.07 Å². The lowest BCUT2D eigenvalue weighted by Gasteiger charge is -2.09. The summed E-state index contributed by atoms with van der Waals surface area (Å²) in [5.74, 6) is -3.07. The zero-order chi connectivity index (χ0) is 10.8. The van der Waals surface area contributed by atoms with E-state index in [0.29, 0.717) is 5.92 Å². The van der Waals surface area contributed by atoms with Crippen LogP contribution in [-0.2, 0) is 5.92 Å². The highest BCUT2D eigenvalue weighted by Crippen LogP contribution is 2.27. The van der Waals surface area contributed by atoms with Crippen LogP contribution in [0, 0.1) is 11.3 Å². The summed E-state index contributed by atoms with van der Waals surface area (Å²) in [6, 6.07) is 6.84. The van der Waals surface area contributed by atoms with E-state index in [0.717, 1.165) is 11.6 Å². The maximum absolute atomic E-state index is 12.9. The van der Waals surface area contributed by atoms with Gasteiger partial charge in [0.2, 0.25) is 0 Å². The van der Waals surface area contributed by atoms with E-state index in [1.807, 2.05) is 13.8 Å². The predicted molar refractivity (Wildman–Crippen MR) is 50.0 cm³/mol. The molecule has 1 rings (SSSR count). The first-order valence-corrected chi connectivity index (χ1v) is 4.37. The van der Waals surface area contributed by atoms with Gasteiger partial charge in [-0.05, 0) is 11.5 Å². The maximum atomic E-state index is 12.9. The average molecular weight is 195 g/mol. The standard InChI is InChI=1S/C11H11F2N/c1-8(2)9-3-5-10(6-4-9)11(12,13)7-14/h3-6,8H,1-2H3. The van der Waals surface area contributed by atoms with Crippen LogP contribution in [0.25, 0.3) is 0 Å². The number of nitriles is 1. The molecular weight excluding hydrogens is 184 g/mol. The Bertz CT molecular complexity index is 347. The Balaban J connectivity index is 3.01. The Morgan fingerprint density at radius 1 is 1.21 bits per heavy atom. The number of halogens is 2. The van der Waals surface area contributed by atoms with Gasteiger partial charge in [-0.15, -0.1) is 0 Å². The smallest absolute Gasteiger partial charge is 0.191 e. The van der Waals surface area contributed by atoms with Crippen LogP contribution >= 0.6 is 0 Å². The number of nitrogens with zero attached hydrogens (tertiary/aromatic N) is 1. The summed E-state index contributed by atoms with van der Waals surface area (Å²) in [6.45, 7) is 3.97. The fourth-order valence-electron chi connectivity index (χ4n) is 1.14. The summed E-state index contributed by atoms with van der Waals surface area (Å²) in [5, 5.41) is 8.23. The van der Waals surface area contributed by atoms with Gasteiger partial charge in [0.25, 0.3) is 0 Å². The third-order valence-corrected chi connectivity index (χ3v) is 2.08. The van der Waals surface area contributed by atoms with E-state index >= 15 is 0 Å². The normalized spacial score (nSPS) is 11.4. The van der Waals surface area contributed by atoms with Gasteiger partial charge < -0.3 is 0 Å². The molecule has 0 aliphatic carbocycles. The highest BCUT2D eigenvalue weighted by atomic mass is 19.3. The SMILES string of the molecule is CC(C)c1ccc(C(F)(F)C#N)cc1. The lowest BCUT2D eigenvalue weighted by molar-refractivity contribution is 0.0613. The maximum Gasteiger partial charge on any atom is 0.357 e. The van der Waals surface area contributed by atoms with Crippen molar-refractivity contribution in [3.05, 3.63) is 35.4 Å². The minimum Gasteiger partial charge on any atom is -0.191 e. The third kappa shape index (κ3) is 2.08. The van der Waals surface area contributed by atoms with Crippen molar-refractivity contribution >= 4 is 0 Å². The fraction of sp³-hybridized carbons (Fsp3) is 0.364. The quantitative estimate of drug-likeness (QED) is 0.709. The van der Waals surface area contributed by atoms with Gasteiger partial charge in [0, 0.05) is 5.56 Å². The van der Waals surface area contributed by atoms with Crippen LogP contribution in [0.5, 0.6) is 0 Å². The van der Waals surface area contributed by atoms with Crippen LogP contribution in [0.2, 0.25) is 0 Å². The fourth-order valence-corrected chi connectivity index (χ4v) is 1.14. The van der Waals surface area contributed by atoms with Crippen LogP contribution in [0.4, 0.5) is 8.78 Å². The first-order valence-electron chi connectivity index (χ1n) is 4.37. The Morgan fingerprint density at radius 3 is 2.07 bits per heavy atom. The van der Waals surface area contributed by atoms with Gasteiger partial charge in [-0.2, -0.15) is 14.0 Å². The second kappa shape index (κ2) is 3.75. The van der Waals surface area contributed by atoms with E-state index in [1.165, 1.54) is 12.1 Å². The van der Waals surface area contributed by atoms with Crippen molar-refractivity contribution in [2.24, 2.45) is 0 Å². The largest absolute Gasteiger partial charge is 0.357 e. The molecule has 1 nitrogen and oxygen atoms in total. The van der Waals surface area contributed by atoms with Crippen molar-refractivity contribution < 1.29 is 8.78 Å². The molecule has 0 amide bonds. The van der Waals surface area contributed by atoms with Crippen molar-refractivity contribution in [2.75, 3.05) is 0 Å². The highest BCUT2D eigenvalue weighted by Gasteiger charge is 2.30. The van der Waals surface area contributed by atoms with E-state index in [2.05, 4.69) is 0 Å². The van der Waals surface area contributed by atoms with E-state index in [4.69, 9.17) is 5.26 Å². The van der Waals surface area contributed by atoms with E-state index in [1.54, 1.807) is 12.1 Å². The van der Waals surface area contributed by atoms with Gasteiger partial charge >= 0.3 is 5.92 Å². The van der Waals surface area contributed by atoms with Crippen molar-refractivity contribution in [3.63, 3.8) is 0 Å². The van der Waals surface area contributed by atoms with Crippen LogP contribution in [0.15, 0.2) is 24.3 Å². The lowest BCUT2D eigenvalue weighted by Crippen LogP contribution is -2.09. The molecule has 0 heterocycles. The number of hydrogen-bond acceptors (Lipinski definition) is 1. The molecule has 1 aromatic carbocycles. The number of hydrogen-bond donors (Lipinski definition) is 0. The van der Waals surface area contributed by atoms with Gasteiger partial charge in [0.05, 0.1) is 0 Å². The zero-order valence-electron chi connectivity index (χ0n) is 8.09. The molecule has 0 aliphatic heterocycles. The predicted octanol–water partition coefficient (Wildman–Crippen LogP) is 3.43. The lowest BCUT2D eigenvalue weighted by atomic mass is 10.00. The topological polar surface area (TPSA) is 23.8 Å². The molecule has 74 valence electrons. The number of alkyl halides is 2. The van der Waals surface area contributed by atoms with E-state index in [-0.39, 0.29) is 5.56 Å². The Hall–Kier alpha value is -1.43. The molecule has 1 aromatic rings. The average Bonchev–Trinajstić information content (AvgIpc) is 2.18. The van der Waals surface area contributed by atoms with Crippen molar-refractivity contribution in [1.29, 1.82) is 5.26 Å². The van der Waals surface area contributed by atoms with E-state index in [9.17, 15) is 8.78 Å². The van der Waals surface area contributed by atoms with Crippen LogP contribution < -0.4 is 0 Å². The second-order valence-corrected chi connectivity index (χ2v) is 3.46. The molecule has 0 unspecified atom stereocenters. The number of rotatable bonds is 2. The molecule has 0 radical (unpaired) electrons. The monoisotopic (exact) mass is 195 g/mol. The first kappa shape index (κ1) is 10.6. The van der Waals surface area contributed by atoms with E-state index < -0.39 is 5.92 Å². The van der Waals surface area contributed by atoms with Crippen LogP contribution in [0.3, 0.4) is 0 Å². The Labute approximate surface area is 82.0 Å². The summed E-state index contributed by atoms with van der Waals surface area (Å²) >= 11 is 0. The molecule has 0 atom stereocenters. The molecule has 0 N–H and O–H groups in total. The molecule has 0 fully saturated rings. The zero-order valence-corrected chi connectivity index (χ0v) is 8.09.